The van der Waals surface area contributed by atoms with Gasteiger partial charge in [-0.2, -0.15) is 0 Å². The Hall–Kier alpha value is -2.45. The molecule has 1 aromatic heterocycles. The van der Waals surface area contributed by atoms with Gasteiger partial charge in [0.25, 0.3) is 5.91 Å². The lowest BCUT2D eigenvalue weighted by molar-refractivity contribution is -0.117. The number of fused-ring (bicyclic) bond motifs is 1. The summed E-state index contributed by atoms with van der Waals surface area (Å²) in [6, 6.07) is 10.6. The molecule has 6 nitrogen and oxygen atoms in total. The Morgan fingerprint density at radius 2 is 1.86 bits per heavy atom. The van der Waals surface area contributed by atoms with E-state index in [4.69, 9.17) is 12.2 Å². The van der Waals surface area contributed by atoms with Gasteiger partial charge in [-0.3, -0.25) is 9.59 Å². The molecule has 0 spiro atoms. The van der Waals surface area contributed by atoms with E-state index < -0.39 is 0 Å². The van der Waals surface area contributed by atoms with Crippen LogP contribution in [-0.2, 0) is 24.2 Å². The highest BCUT2D eigenvalue weighted by molar-refractivity contribution is 7.80. The predicted octanol–water partition coefficient (Wildman–Crippen LogP) is 5.13. The van der Waals surface area contributed by atoms with Crippen molar-refractivity contribution in [2.75, 3.05) is 18.4 Å². The number of hydrogen-bond donors (Lipinski definition) is 3. The minimum absolute atomic E-state index is 0.0516. The molecule has 3 N–H and O–H groups in total. The van der Waals surface area contributed by atoms with Crippen LogP contribution >= 0.6 is 23.6 Å². The van der Waals surface area contributed by atoms with Gasteiger partial charge in [0.2, 0.25) is 5.91 Å². The molecule has 1 atom stereocenters. The first-order chi connectivity index (χ1) is 17.9. The number of amides is 2. The van der Waals surface area contributed by atoms with Crippen LogP contribution in [0.2, 0.25) is 0 Å². The number of thiocarbonyl (C=S) groups is 1. The van der Waals surface area contributed by atoms with E-state index in [0.29, 0.717) is 17.4 Å². The van der Waals surface area contributed by atoms with Crippen LogP contribution in [0.1, 0.15) is 72.3 Å². The number of nitrogens with one attached hydrogen (secondary N) is 3. The van der Waals surface area contributed by atoms with Crippen molar-refractivity contribution < 1.29 is 9.59 Å². The van der Waals surface area contributed by atoms with E-state index in [2.05, 4.69) is 59.0 Å². The van der Waals surface area contributed by atoms with Gasteiger partial charge >= 0.3 is 0 Å². The maximum atomic E-state index is 13.3. The van der Waals surface area contributed by atoms with Gasteiger partial charge < -0.3 is 20.9 Å². The van der Waals surface area contributed by atoms with Crippen molar-refractivity contribution in [3.63, 3.8) is 0 Å². The summed E-state index contributed by atoms with van der Waals surface area (Å²) in [5.74, 6) is 1.19. The van der Waals surface area contributed by atoms with Crippen molar-refractivity contribution in [1.82, 2.24) is 15.5 Å². The average Bonchev–Trinajstić information content (AvgIpc) is 3.79. The fourth-order valence-corrected chi connectivity index (χ4v) is 6.52. The number of carbonyl (C=O) groups excluding carboxylic acids is 2. The molecular weight excluding hydrogens is 500 g/mol. The second-order valence-electron chi connectivity index (χ2n) is 11.3. The average molecular weight is 539 g/mol. The van der Waals surface area contributed by atoms with Crippen LogP contribution in [0.4, 0.5) is 5.00 Å². The van der Waals surface area contributed by atoms with Crippen molar-refractivity contribution in [1.29, 1.82) is 0 Å². The van der Waals surface area contributed by atoms with E-state index in [1.807, 2.05) is 6.07 Å². The van der Waals surface area contributed by atoms with Gasteiger partial charge in [-0.15, -0.1) is 11.3 Å². The molecule has 0 saturated heterocycles. The van der Waals surface area contributed by atoms with E-state index in [-0.39, 0.29) is 23.8 Å². The van der Waals surface area contributed by atoms with Crippen molar-refractivity contribution in [3.05, 3.63) is 51.9 Å². The summed E-state index contributed by atoms with van der Waals surface area (Å²) < 4.78 is 0. The van der Waals surface area contributed by atoms with Crippen molar-refractivity contribution in [2.45, 2.75) is 71.4 Å². The van der Waals surface area contributed by atoms with E-state index in [9.17, 15) is 9.59 Å². The first-order valence-electron chi connectivity index (χ1n) is 13.7. The summed E-state index contributed by atoms with van der Waals surface area (Å²) in [6.45, 7) is 6.79. The number of hydrogen-bond acceptors (Lipinski definition) is 4. The molecule has 1 unspecified atom stereocenters. The SMILES string of the molecule is CC(C)CN(Cc1ccccc1)C(=S)NC1CCc2sc(NC(=O)C3CC3)c(C(=O)NCC3CC3)c2C1. The number of benzene rings is 1. The molecule has 2 amide bonds. The van der Waals surface area contributed by atoms with Crippen LogP contribution in [0, 0.1) is 17.8 Å². The number of anilines is 1. The van der Waals surface area contributed by atoms with Crippen molar-refractivity contribution >= 4 is 45.5 Å². The maximum Gasteiger partial charge on any atom is 0.254 e. The summed E-state index contributed by atoms with van der Waals surface area (Å²) in [7, 11) is 0. The fourth-order valence-electron chi connectivity index (χ4n) is 4.97. The second-order valence-corrected chi connectivity index (χ2v) is 12.8. The predicted molar refractivity (Wildman–Crippen MR) is 154 cm³/mol. The molecule has 5 rings (SSSR count). The molecule has 37 heavy (non-hydrogen) atoms. The molecule has 0 bridgehead atoms. The van der Waals surface area contributed by atoms with Gasteiger partial charge in [0.05, 0.1) is 5.56 Å². The van der Waals surface area contributed by atoms with E-state index in [1.54, 1.807) is 11.3 Å². The van der Waals surface area contributed by atoms with E-state index in [0.717, 1.165) is 67.4 Å². The fraction of sp³-hybridized carbons (Fsp3) is 0.552. The van der Waals surface area contributed by atoms with Crippen LogP contribution in [-0.4, -0.2) is 41.0 Å². The molecule has 3 aliphatic rings. The second kappa shape index (κ2) is 11.5. The Bertz CT molecular complexity index is 1140. The van der Waals surface area contributed by atoms with Gasteiger partial charge in [-0.25, -0.2) is 0 Å². The summed E-state index contributed by atoms with van der Waals surface area (Å²) in [5, 5.41) is 11.4. The monoisotopic (exact) mass is 538 g/mol. The van der Waals surface area contributed by atoms with Crippen LogP contribution in [0.5, 0.6) is 0 Å². The van der Waals surface area contributed by atoms with Crippen LogP contribution in [0.3, 0.4) is 0 Å². The highest BCUT2D eigenvalue weighted by atomic mass is 32.1. The molecule has 1 aromatic carbocycles. The lowest BCUT2D eigenvalue weighted by Gasteiger charge is -2.32. The minimum atomic E-state index is -0.0516. The van der Waals surface area contributed by atoms with Crippen molar-refractivity contribution in [2.24, 2.45) is 17.8 Å². The minimum Gasteiger partial charge on any atom is -0.359 e. The van der Waals surface area contributed by atoms with E-state index in [1.165, 1.54) is 23.3 Å². The van der Waals surface area contributed by atoms with Gasteiger partial charge in [0.1, 0.15) is 5.00 Å². The molecule has 0 aliphatic heterocycles. The maximum absolute atomic E-state index is 13.3. The van der Waals surface area contributed by atoms with Gasteiger partial charge in [0, 0.05) is 36.5 Å². The molecule has 2 fully saturated rings. The Kier molecular flexibility index (Phi) is 8.15. The first-order valence-corrected chi connectivity index (χ1v) is 14.9. The van der Waals surface area contributed by atoms with Crippen LogP contribution in [0.15, 0.2) is 30.3 Å². The highest BCUT2D eigenvalue weighted by Gasteiger charge is 2.34. The molecule has 3 aliphatic carbocycles. The largest absolute Gasteiger partial charge is 0.359 e. The Balaban J connectivity index is 1.31. The lowest BCUT2D eigenvalue weighted by Crippen LogP contribution is -2.47. The van der Waals surface area contributed by atoms with Gasteiger partial charge in [-0.1, -0.05) is 44.2 Å². The third kappa shape index (κ3) is 6.90. The van der Waals surface area contributed by atoms with Crippen LogP contribution in [0.25, 0.3) is 0 Å². The topological polar surface area (TPSA) is 73.5 Å². The molecule has 198 valence electrons. The summed E-state index contributed by atoms with van der Waals surface area (Å²) in [4.78, 5) is 29.4. The van der Waals surface area contributed by atoms with E-state index >= 15 is 0 Å². The normalized spacial score (nSPS) is 18.7. The zero-order chi connectivity index (χ0) is 25.9. The molecule has 0 radical (unpaired) electrons. The molecule has 8 heteroatoms. The molecule has 2 saturated carbocycles. The molecular formula is C29H38N4O2S2. The van der Waals surface area contributed by atoms with Crippen LogP contribution < -0.4 is 16.0 Å². The summed E-state index contributed by atoms with van der Waals surface area (Å²) >= 11 is 7.50. The summed E-state index contributed by atoms with van der Waals surface area (Å²) in [6.07, 6.45) is 6.83. The lowest BCUT2D eigenvalue weighted by atomic mass is 9.91. The quantitative estimate of drug-likeness (QED) is 0.366. The zero-order valence-corrected chi connectivity index (χ0v) is 23.5. The first kappa shape index (κ1) is 26.2. The van der Waals surface area contributed by atoms with Gasteiger partial charge in [-0.05, 0) is 80.1 Å². The smallest absolute Gasteiger partial charge is 0.254 e. The number of aryl methyl sites for hydroxylation is 1. The van der Waals surface area contributed by atoms with Crippen molar-refractivity contribution in [3.8, 4) is 0 Å². The van der Waals surface area contributed by atoms with Gasteiger partial charge in [0.15, 0.2) is 5.11 Å². The zero-order valence-electron chi connectivity index (χ0n) is 21.8. The third-order valence-corrected chi connectivity index (χ3v) is 8.92. The number of rotatable bonds is 10. The number of nitrogens with zero attached hydrogens (tertiary/aromatic N) is 1. The summed E-state index contributed by atoms with van der Waals surface area (Å²) in [5.41, 5.74) is 2.99. The standard InChI is InChI=1S/C29H38N4O2S2/c1-18(2)16-33(17-20-6-4-3-5-7-20)29(36)31-22-12-13-24-23(14-22)25(27(35)30-15-19-8-9-19)28(37-24)32-26(34)21-10-11-21/h3-7,18-19,21-22H,8-17H2,1-2H3,(H,30,35)(H,31,36)(H,32,34). The number of thiophene rings is 1. The number of carbonyl (C=O) groups is 2. The molecule has 2 aromatic rings. The Labute approximate surface area is 229 Å². The Morgan fingerprint density at radius 1 is 1.11 bits per heavy atom. The highest BCUT2D eigenvalue weighted by Crippen LogP contribution is 2.40. The third-order valence-electron chi connectivity index (χ3n) is 7.34. The molecule has 1 heterocycles. The Morgan fingerprint density at radius 3 is 2.54 bits per heavy atom.